The molecule has 4 nitrogen and oxygen atoms in total. The molecule has 0 aliphatic carbocycles. The minimum atomic E-state index is -3.39. The van der Waals surface area contributed by atoms with Crippen LogP contribution in [0.25, 0.3) is 0 Å². The highest BCUT2D eigenvalue weighted by molar-refractivity contribution is 7.99. The van der Waals surface area contributed by atoms with Crippen LogP contribution in [0.5, 0.6) is 0 Å². The van der Waals surface area contributed by atoms with Crippen LogP contribution in [0.3, 0.4) is 0 Å². The molecule has 0 aromatic heterocycles. The van der Waals surface area contributed by atoms with Gasteiger partial charge < -0.3 is 5.32 Å². The van der Waals surface area contributed by atoms with E-state index in [9.17, 15) is 8.42 Å². The maximum Gasteiger partial charge on any atom is 0.244 e. The SMILES string of the molecule is CSc1ccccc1S(=O)(=O)N(C)C1CCNC1.Cl. The summed E-state index contributed by atoms with van der Waals surface area (Å²) in [6.45, 7) is 1.62. The number of hydrogen-bond acceptors (Lipinski definition) is 4. The predicted molar refractivity (Wildman–Crippen MR) is 81.7 cm³/mol. The molecule has 1 atom stereocenters. The van der Waals surface area contributed by atoms with Crippen LogP contribution in [0.15, 0.2) is 34.1 Å². The molecule has 0 amide bonds. The third-order valence-electron chi connectivity index (χ3n) is 3.27. The topological polar surface area (TPSA) is 49.4 Å². The molecule has 108 valence electrons. The van der Waals surface area contributed by atoms with Gasteiger partial charge in [-0.05, 0) is 31.4 Å². The van der Waals surface area contributed by atoms with Crippen molar-refractivity contribution < 1.29 is 8.42 Å². The average molecular weight is 323 g/mol. The number of sulfonamides is 1. The van der Waals surface area contributed by atoms with Gasteiger partial charge in [-0.2, -0.15) is 4.31 Å². The molecule has 1 aliphatic heterocycles. The zero-order valence-electron chi connectivity index (χ0n) is 11.0. The summed E-state index contributed by atoms with van der Waals surface area (Å²) in [4.78, 5) is 1.21. The number of nitrogens with one attached hydrogen (secondary N) is 1. The van der Waals surface area contributed by atoms with Gasteiger partial charge in [0.15, 0.2) is 0 Å². The summed E-state index contributed by atoms with van der Waals surface area (Å²) < 4.78 is 26.7. The molecule has 0 bridgehead atoms. The largest absolute Gasteiger partial charge is 0.315 e. The molecule has 1 N–H and O–H groups in total. The highest BCUT2D eigenvalue weighted by Crippen LogP contribution is 2.28. The van der Waals surface area contributed by atoms with Crippen molar-refractivity contribution in [1.29, 1.82) is 0 Å². The van der Waals surface area contributed by atoms with E-state index in [1.807, 2.05) is 18.4 Å². The molecule has 0 spiro atoms. The van der Waals surface area contributed by atoms with Crippen LogP contribution in [-0.2, 0) is 10.0 Å². The van der Waals surface area contributed by atoms with Crippen molar-refractivity contribution in [3.8, 4) is 0 Å². The first-order valence-electron chi connectivity index (χ1n) is 5.89. The summed E-state index contributed by atoms with van der Waals surface area (Å²) in [6, 6.07) is 7.22. The number of rotatable bonds is 4. The molecule has 19 heavy (non-hydrogen) atoms. The maximum absolute atomic E-state index is 12.6. The molecular weight excluding hydrogens is 304 g/mol. The fourth-order valence-electron chi connectivity index (χ4n) is 2.13. The van der Waals surface area contributed by atoms with E-state index in [-0.39, 0.29) is 18.4 Å². The lowest BCUT2D eigenvalue weighted by molar-refractivity contribution is 0.387. The lowest BCUT2D eigenvalue weighted by Crippen LogP contribution is -2.38. The van der Waals surface area contributed by atoms with Crippen LogP contribution in [0.4, 0.5) is 0 Å². The number of hydrogen-bond donors (Lipinski definition) is 1. The molecule has 1 fully saturated rings. The highest BCUT2D eigenvalue weighted by atomic mass is 35.5. The van der Waals surface area contributed by atoms with Gasteiger partial charge in [-0.25, -0.2) is 8.42 Å². The molecule has 1 aromatic rings. The average Bonchev–Trinajstić information content (AvgIpc) is 2.91. The lowest BCUT2D eigenvalue weighted by atomic mass is 10.3. The molecule has 1 unspecified atom stereocenters. The maximum atomic E-state index is 12.6. The van der Waals surface area contributed by atoms with Gasteiger partial charge in [-0.3, -0.25) is 0 Å². The Morgan fingerprint density at radius 3 is 2.63 bits per heavy atom. The van der Waals surface area contributed by atoms with Crippen LogP contribution >= 0.6 is 24.2 Å². The molecule has 7 heteroatoms. The van der Waals surface area contributed by atoms with E-state index in [1.165, 1.54) is 16.1 Å². The van der Waals surface area contributed by atoms with Crippen molar-refractivity contribution in [3.63, 3.8) is 0 Å². The van der Waals surface area contributed by atoms with E-state index in [4.69, 9.17) is 0 Å². The van der Waals surface area contributed by atoms with Gasteiger partial charge in [0.1, 0.15) is 0 Å². The molecule has 1 saturated heterocycles. The van der Waals surface area contributed by atoms with Crippen molar-refractivity contribution in [1.82, 2.24) is 9.62 Å². The van der Waals surface area contributed by atoms with Crippen LogP contribution in [-0.4, -0.2) is 45.2 Å². The zero-order chi connectivity index (χ0) is 13.2. The Morgan fingerprint density at radius 2 is 2.05 bits per heavy atom. The first-order valence-corrected chi connectivity index (χ1v) is 8.55. The Balaban J connectivity index is 0.00000180. The van der Waals surface area contributed by atoms with Crippen LogP contribution in [0, 0.1) is 0 Å². The second kappa shape index (κ2) is 6.95. The number of halogens is 1. The summed E-state index contributed by atoms with van der Waals surface area (Å²) in [6.07, 6.45) is 2.77. The molecule has 0 saturated carbocycles. The fourth-order valence-corrected chi connectivity index (χ4v) is 4.64. The minimum absolute atomic E-state index is 0. The smallest absolute Gasteiger partial charge is 0.244 e. The summed E-state index contributed by atoms with van der Waals surface area (Å²) >= 11 is 1.46. The molecule has 2 rings (SSSR count). The third kappa shape index (κ3) is 3.44. The van der Waals surface area contributed by atoms with E-state index in [0.29, 0.717) is 4.90 Å². The predicted octanol–water partition coefficient (Wildman–Crippen LogP) is 1.81. The summed E-state index contributed by atoms with van der Waals surface area (Å²) in [5.74, 6) is 0. The van der Waals surface area contributed by atoms with E-state index in [2.05, 4.69) is 5.32 Å². The molecule has 1 aliphatic rings. The van der Waals surface area contributed by atoms with E-state index in [0.717, 1.165) is 24.4 Å². The quantitative estimate of drug-likeness (QED) is 0.859. The number of nitrogens with zero attached hydrogens (tertiary/aromatic N) is 1. The first-order chi connectivity index (χ1) is 8.57. The summed E-state index contributed by atoms with van der Waals surface area (Å²) in [7, 11) is -1.72. The third-order valence-corrected chi connectivity index (χ3v) is 6.17. The number of benzene rings is 1. The number of thioether (sulfide) groups is 1. The van der Waals surface area contributed by atoms with Crippen molar-refractivity contribution in [3.05, 3.63) is 24.3 Å². The Kier molecular flexibility index (Phi) is 6.14. The van der Waals surface area contributed by atoms with E-state index in [1.54, 1.807) is 19.2 Å². The molecule has 1 heterocycles. The first kappa shape index (κ1) is 16.8. The monoisotopic (exact) mass is 322 g/mol. The Labute approximate surface area is 125 Å². The second-order valence-corrected chi connectivity index (χ2v) is 7.13. The van der Waals surface area contributed by atoms with Gasteiger partial charge in [-0.15, -0.1) is 24.2 Å². The summed E-state index contributed by atoms with van der Waals surface area (Å²) in [5.41, 5.74) is 0. The fraction of sp³-hybridized carbons (Fsp3) is 0.500. The van der Waals surface area contributed by atoms with Gasteiger partial charge in [0.2, 0.25) is 10.0 Å². The van der Waals surface area contributed by atoms with Crippen molar-refractivity contribution in [2.75, 3.05) is 26.4 Å². The Hall–Kier alpha value is -0.270. The van der Waals surface area contributed by atoms with Crippen molar-refractivity contribution >= 4 is 34.2 Å². The van der Waals surface area contributed by atoms with Gasteiger partial charge in [0.05, 0.1) is 4.90 Å². The summed E-state index contributed by atoms with van der Waals surface area (Å²) in [5, 5.41) is 3.19. The van der Waals surface area contributed by atoms with Crippen LogP contribution in [0.1, 0.15) is 6.42 Å². The van der Waals surface area contributed by atoms with Crippen molar-refractivity contribution in [2.24, 2.45) is 0 Å². The standard InChI is InChI=1S/C12H18N2O2S2.ClH/c1-14(10-7-8-13-9-10)18(15,16)12-6-4-3-5-11(12)17-2;/h3-6,10,13H,7-9H2,1-2H3;1H. The Morgan fingerprint density at radius 1 is 1.37 bits per heavy atom. The normalized spacial score (nSPS) is 19.4. The lowest BCUT2D eigenvalue weighted by Gasteiger charge is -2.24. The van der Waals surface area contributed by atoms with Gasteiger partial charge in [0.25, 0.3) is 0 Å². The van der Waals surface area contributed by atoms with Crippen LogP contribution < -0.4 is 5.32 Å². The Bertz CT molecular complexity index is 516. The molecule has 0 radical (unpaired) electrons. The molecular formula is C12H19ClN2O2S2. The second-order valence-electron chi connectivity index (χ2n) is 4.32. The van der Waals surface area contributed by atoms with E-state index >= 15 is 0 Å². The minimum Gasteiger partial charge on any atom is -0.315 e. The van der Waals surface area contributed by atoms with Gasteiger partial charge in [-0.1, -0.05) is 12.1 Å². The van der Waals surface area contributed by atoms with E-state index < -0.39 is 10.0 Å². The van der Waals surface area contributed by atoms with Crippen molar-refractivity contribution in [2.45, 2.75) is 22.3 Å². The zero-order valence-corrected chi connectivity index (χ0v) is 13.4. The highest BCUT2D eigenvalue weighted by Gasteiger charge is 2.31. The number of likely N-dealkylation sites (N-methyl/N-ethyl adjacent to an activating group) is 1. The molecule has 1 aromatic carbocycles. The van der Waals surface area contributed by atoms with Gasteiger partial charge >= 0.3 is 0 Å². The van der Waals surface area contributed by atoms with Gasteiger partial charge in [0, 0.05) is 24.5 Å². The van der Waals surface area contributed by atoms with Crippen LogP contribution in [0.2, 0.25) is 0 Å².